The zero-order chi connectivity index (χ0) is 31.7. The lowest BCUT2D eigenvalue weighted by Crippen LogP contribution is -2.41. The van der Waals surface area contributed by atoms with E-state index in [9.17, 15) is 31.1 Å². The van der Waals surface area contributed by atoms with Gasteiger partial charge in [0.25, 0.3) is 0 Å². The van der Waals surface area contributed by atoms with Gasteiger partial charge in [-0.05, 0) is 54.7 Å². The number of unbranched alkanes of at least 4 members (excludes halogenated alkanes) is 2. The molecule has 0 fully saturated rings. The standard InChI is InChI=1S/C31H34F6O5S/c1-4-7-8-9-21-10-13-25(22(5-2)18-21)27-19-23-11-12-24(20-26(23)40-27)43-17-15-30(34,35)42-31(36,37)41-29(32,33)14-16-39-28(38)6-3/h6,10-13,18-20H,3-5,7-9,14-17H2,1-2H3. The zero-order valence-corrected chi connectivity index (χ0v) is 24.7. The van der Waals surface area contributed by atoms with Gasteiger partial charge in [-0.25, -0.2) is 14.3 Å². The minimum absolute atomic E-state index is 0.379. The van der Waals surface area contributed by atoms with Gasteiger partial charge in [0.05, 0.1) is 13.0 Å². The summed E-state index contributed by atoms with van der Waals surface area (Å²) in [6.07, 6.45) is -11.2. The van der Waals surface area contributed by atoms with Gasteiger partial charge in [0.15, 0.2) is 0 Å². The Morgan fingerprint density at radius 3 is 2.35 bits per heavy atom. The summed E-state index contributed by atoms with van der Waals surface area (Å²) in [5.74, 6) is -0.773. The number of rotatable bonds is 18. The van der Waals surface area contributed by atoms with Crippen molar-refractivity contribution in [2.75, 3.05) is 12.4 Å². The highest BCUT2D eigenvalue weighted by atomic mass is 32.2. The van der Waals surface area contributed by atoms with E-state index in [0.717, 1.165) is 54.0 Å². The second-order valence-corrected chi connectivity index (χ2v) is 10.9. The Labute approximate surface area is 250 Å². The first-order valence-electron chi connectivity index (χ1n) is 13.9. The zero-order valence-electron chi connectivity index (χ0n) is 23.9. The predicted molar refractivity (Wildman–Crippen MR) is 152 cm³/mol. The maximum Gasteiger partial charge on any atom is 0.494 e. The molecule has 0 saturated carbocycles. The first-order chi connectivity index (χ1) is 20.3. The van der Waals surface area contributed by atoms with Gasteiger partial charge in [0.1, 0.15) is 11.3 Å². The lowest BCUT2D eigenvalue weighted by Gasteiger charge is -2.26. The summed E-state index contributed by atoms with van der Waals surface area (Å²) in [5.41, 5.74) is 3.92. The molecule has 1 aromatic heterocycles. The number of carbonyl (C=O) groups excluding carboxylic acids is 1. The molecule has 0 aliphatic rings. The highest BCUT2D eigenvalue weighted by molar-refractivity contribution is 7.99. The third-order valence-electron chi connectivity index (χ3n) is 6.38. The predicted octanol–water partition coefficient (Wildman–Crippen LogP) is 9.77. The second kappa shape index (κ2) is 15.2. The van der Waals surface area contributed by atoms with Crippen LogP contribution in [-0.4, -0.2) is 36.8 Å². The molecule has 0 unspecified atom stereocenters. The molecule has 0 N–H and O–H groups in total. The molecular weight excluding hydrogens is 598 g/mol. The first-order valence-corrected chi connectivity index (χ1v) is 14.9. The maximum absolute atomic E-state index is 14.1. The van der Waals surface area contributed by atoms with Crippen molar-refractivity contribution in [2.45, 2.75) is 82.2 Å². The molecule has 0 atom stereocenters. The van der Waals surface area contributed by atoms with Gasteiger partial charge in [-0.2, -0.15) is 17.6 Å². The summed E-state index contributed by atoms with van der Waals surface area (Å²) < 4.78 is 99.7. The maximum atomic E-state index is 14.1. The Balaban J connectivity index is 1.58. The molecule has 0 aliphatic carbocycles. The summed E-state index contributed by atoms with van der Waals surface area (Å²) in [6.45, 7) is 6.27. The molecular formula is C31H34F6O5S. The SMILES string of the molecule is C=CC(=O)OCCC(F)(F)OC(F)(F)OC(F)(F)CCSc1ccc2cc(-c3ccc(CCCCC)cc3CC)oc2c1. The van der Waals surface area contributed by atoms with Crippen molar-refractivity contribution < 1.29 is 49.8 Å². The number of aryl methyl sites for hydroxylation is 2. The fourth-order valence-electron chi connectivity index (χ4n) is 4.24. The highest BCUT2D eigenvalue weighted by Crippen LogP contribution is 2.38. The summed E-state index contributed by atoms with van der Waals surface area (Å²) in [4.78, 5) is 11.4. The van der Waals surface area contributed by atoms with Crippen molar-refractivity contribution in [1.82, 2.24) is 0 Å². The van der Waals surface area contributed by atoms with Gasteiger partial charge in [0, 0.05) is 34.1 Å². The van der Waals surface area contributed by atoms with Gasteiger partial charge in [0.2, 0.25) is 0 Å². The lowest BCUT2D eigenvalue weighted by atomic mass is 9.97. The van der Waals surface area contributed by atoms with E-state index in [4.69, 9.17) is 4.42 Å². The Morgan fingerprint density at radius 2 is 1.67 bits per heavy atom. The van der Waals surface area contributed by atoms with Crippen molar-refractivity contribution in [1.29, 1.82) is 0 Å². The van der Waals surface area contributed by atoms with E-state index in [2.05, 4.69) is 46.8 Å². The van der Waals surface area contributed by atoms with E-state index in [-0.39, 0.29) is 5.75 Å². The number of benzene rings is 2. The molecule has 3 aromatic rings. The molecule has 43 heavy (non-hydrogen) atoms. The Morgan fingerprint density at radius 1 is 0.953 bits per heavy atom. The number of alkyl halides is 6. The molecule has 0 saturated heterocycles. The van der Waals surface area contributed by atoms with Gasteiger partial charge in [-0.1, -0.05) is 51.5 Å². The number of thioether (sulfide) groups is 1. The molecule has 3 rings (SSSR count). The summed E-state index contributed by atoms with van der Waals surface area (Å²) in [5, 5.41) is 0.805. The fraction of sp³-hybridized carbons (Fsp3) is 0.452. The molecule has 0 bridgehead atoms. The third-order valence-corrected chi connectivity index (χ3v) is 7.37. The molecule has 236 valence electrons. The van der Waals surface area contributed by atoms with Crippen LogP contribution in [0.25, 0.3) is 22.3 Å². The van der Waals surface area contributed by atoms with Gasteiger partial charge >= 0.3 is 24.5 Å². The Kier molecular flexibility index (Phi) is 12.2. The van der Waals surface area contributed by atoms with Gasteiger partial charge in [-0.15, -0.1) is 20.5 Å². The van der Waals surface area contributed by atoms with E-state index in [1.807, 2.05) is 12.1 Å². The minimum atomic E-state index is -5.31. The van der Waals surface area contributed by atoms with Crippen molar-refractivity contribution in [3.8, 4) is 11.3 Å². The first kappa shape index (κ1) is 34.5. The molecule has 0 spiro atoms. The monoisotopic (exact) mass is 632 g/mol. The normalized spacial score (nSPS) is 12.6. The smallest absolute Gasteiger partial charge is 0.462 e. The van der Waals surface area contributed by atoms with Crippen LogP contribution in [0.3, 0.4) is 0 Å². The number of carbonyl (C=O) groups is 1. The minimum Gasteiger partial charge on any atom is -0.462 e. The van der Waals surface area contributed by atoms with Crippen molar-refractivity contribution in [3.05, 3.63) is 66.2 Å². The van der Waals surface area contributed by atoms with Crippen LogP contribution < -0.4 is 0 Å². The number of hydrogen-bond donors (Lipinski definition) is 0. The quantitative estimate of drug-likeness (QED) is 0.0348. The molecule has 2 aromatic carbocycles. The average Bonchev–Trinajstić information content (AvgIpc) is 3.34. The largest absolute Gasteiger partial charge is 0.494 e. The second-order valence-electron chi connectivity index (χ2n) is 9.77. The summed E-state index contributed by atoms with van der Waals surface area (Å²) >= 11 is 0.931. The van der Waals surface area contributed by atoms with E-state index >= 15 is 0 Å². The van der Waals surface area contributed by atoms with E-state index in [1.165, 1.54) is 12.0 Å². The number of halogens is 6. The van der Waals surface area contributed by atoms with Crippen molar-refractivity contribution in [2.24, 2.45) is 0 Å². The molecule has 0 radical (unpaired) electrons. The van der Waals surface area contributed by atoms with Crippen LogP contribution in [0.15, 0.2) is 64.4 Å². The molecule has 0 amide bonds. The van der Waals surface area contributed by atoms with Crippen LogP contribution in [-0.2, 0) is 31.8 Å². The van der Waals surface area contributed by atoms with Crippen LogP contribution >= 0.6 is 11.8 Å². The Hall–Kier alpha value is -2.96. The van der Waals surface area contributed by atoms with Crippen LogP contribution in [0.5, 0.6) is 0 Å². The van der Waals surface area contributed by atoms with Crippen molar-refractivity contribution >= 4 is 28.7 Å². The average molecular weight is 633 g/mol. The van der Waals surface area contributed by atoms with Crippen LogP contribution in [0.1, 0.15) is 57.1 Å². The van der Waals surface area contributed by atoms with E-state index < -0.39 is 43.9 Å². The fourth-order valence-corrected chi connectivity index (χ4v) is 5.17. The number of furan rings is 1. The molecule has 12 heteroatoms. The molecule has 1 heterocycles. The van der Waals surface area contributed by atoms with Crippen LogP contribution in [0, 0.1) is 0 Å². The van der Waals surface area contributed by atoms with Gasteiger partial charge in [-0.3, -0.25) is 0 Å². The van der Waals surface area contributed by atoms with Crippen LogP contribution in [0.2, 0.25) is 0 Å². The molecule has 5 nitrogen and oxygen atoms in total. The van der Waals surface area contributed by atoms with Gasteiger partial charge < -0.3 is 9.15 Å². The van der Waals surface area contributed by atoms with Crippen molar-refractivity contribution in [3.63, 3.8) is 0 Å². The number of ether oxygens (including phenoxy) is 3. The van der Waals surface area contributed by atoms with E-state index in [0.29, 0.717) is 22.3 Å². The third kappa shape index (κ3) is 10.9. The number of hydrogen-bond acceptors (Lipinski definition) is 6. The lowest BCUT2D eigenvalue weighted by molar-refractivity contribution is -0.514. The van der Waals surface area contributed by atoms with Crippen LogP contribution in [0.4, 0.5) is 26.3 Å². The highest BCUT2D eigenvalue weighted by Gasteiger charge is 2.51. The Bertz CT molecular complexity index is 1370. The molecule has 0 aliphatic heterocycles. The number of fused-ring (bicyclic) bond motifs is 1. The van der Waals surface area contributed by atoms with E-state index in [1.54, 1.807) is 18.2 Å². The summed E-state index contributed by atoms with van der Waals surface area (Å²) in [7, 11) is 0. The summed E-state index contributed by atoms with van der Waals surface area (Å²) in [6, 6.07) is 13.3. The number of esters is 1. The topological polar surface area (TPSA) is 57.9 Å².